The van der Waals surface area contributed by atoms with Crippen LogP contribution < -0.4 is 5.32 Å². The van der Waals surface area contributed by atoms with Gasteiger partial charge in [0.1, 0.15) is 0 Å². The fourth-order valence-electron chi connectivity index (χ4n) is 3.64. The maximum atomic E-state index is 12.5. The monoisotopic (exact) mass is 331 g/mol. The molecule has 2 atom stereocenters. The number of benzene rings is 1. The van der Waals surface area contributed by atoms with E-state index < -0.39 is 0 Å². The van der Waals surface area contributed by atoms with Gasteiger partial charge in [-0.05, 0) is 25.3 Å². The Hall–Kier alpha value is -1.43. The molecule has 2 heterocycles. The number of piperazine rings is 1. The third kappa shape index (κ3) is 4.79. The molecule has 0 bridgehead atoms. The fourth-order valence-corrected chi connectivity index (χ4v) is 3.64. The van der Waals surface area contributed by atoms with Gasteiger partial charge in [-0.1, -0.05) is 30.3 Å². The molecule has 0 radical (unpaired) electrons. The second-order valence-electron chi connectivity index (χ2n) is 6.92. The third-order valence-electron chi connectivity index (χ3n) is 4.95. The number of hydrogen-bond donors (Lipinski definition) is 1. The Balaban J connectivity index is 1.40. The summed E-state index contributed by atoms with van der Waals surface area (Å²) in [6, 6.07) is 10.8. The van der Waals surface area contributed by atoms with Gasteiger partial charge in [0.2, 0.25) is 5.91 Å². The molecule has 5 heteroatoms. The smallest absolute Gasteiger partial charge is 0.236 e. The molecule has 24 heavy (non-hydrogen) atoms. The van der Waals surface area contributed by atoms with Crippen LogP contribution in [0, 0.1) is 0 Å². The highest BCUT2D eigenvalue weighted by atomic mass is 16.5. The highest BCUT2D eigenvalue weighted by Crippen LogP contribution is 2.14. The summed E-state index contributed by atoms with van der Waals surface area (Å²) < 4.78 is 5.58. The van der Waals surface area contributed by atoms with Crippen LogP contribution in [0.1, 0.15) is 25.3 Å². The summed E-state index contributed by atoms with van der Waals surface area (Å²) in [5.41, 5.74) is 1.34. The largest absolute Gasteiger partial charge is 0.377 e. The van der Waals surface area contributed by atoms with Crippen LogP contribution in [-0.4, -0.2) is 67.2 Å². The van der Waals surface area contributed by atoms with Crippen molar-refractivity contribution in [1.82, 2.24) is 15.1 Å². The Labute approximate surface area is 145 Å². The van der Waals surface area contributed by atoms with Crippen LogP contribution >= 0.6 is 0 Å². The van der Waals surface area contributed by atoms with Gasteiger partial charge in [0, 0.05) is 45.4 Å². The summed E-state index contributed by atoms with van der Waals surface area (Å²) in [4.78, 5) is 16.9. The molecule has 132 valence electrons. The normalized spacial score (nSPS) is 25.1. The molecule has 0 aliphatic carbocycles. The summed E-state index contributed by atoms with van der Waals surface area (Å²) >= 11 is 0. The first-order valence-corrected chi connectivity index (χ1v) is 9.10. The van der Waals surface area contributed by atoms with Gasteiger partial charge in [-0.25, -0.2) is 0 Å². The van der Waals surface area contributed by atoms with E-state index in [9.17, 15) is 4.79 Å². The maximum absolute atomic E-state index is 12.5. The van der Waals surface area contributed by atoms with E-state index in [4.69, 9.17) is 4.74 Å². The minimum Gasteiger partial charge on any atom is -0.377 e. The van der Waals surface area contributed by atoms with Crippen molar-refractivity contribution in [2.75, 3.05) is 39.3 Å². The number of hydrogen-bond acceptors (Lipinski definition) is 4. The molecule has 2 saturated heterocycles. The van der Waals surface area contributed by atoms with Gasteiger partial charge >= 0.3 is 0 Å². The number of nitrogens with zero attached hydrogens (tertiary/aromatic N) is 2. The van der Waals surface area contributed by atoms with E-state index in [-0.39, 0.29) is 18.1 Å². The highest BCUT2D eigenvalue weighted by Gasteiger charge is 2.27. The summed E-state index contributed by atoms with van der Waals surface area (Å²) in [6.07, 6.45) is 2.54. The minimum absolute atomic E-state index is 0.208. The standard InChI is InChI=1S/C19H29N3O2/c1-16-14-21(15-17-6-3-2-4-7-17)9-10-22(16)19(23)13-20-12-18-8-5-11-24-18/h2-4,6-7,16,18,20H,5,8-15H2,1H3/t16-,18-/m0/s1. The van der Waals surface area contributed by atoms with Gasteiger partial charge in [0.05, 0.1) is 12.6 Å². The van der Waals surface area contributed by atoms with Crippen molar-refractivity contribution in [3.8, 4) is 0 Å². The lowest BCUT2D eigenvalue weighted by atomic mass is 10.1. The van der Waals surface area contributed by atoms with Gasteiger partial charge < -0.3 is 15.0 Å². The molecule has 1 aromatic carbocycles. The number of carbonyl (C=O) groups excluding carboxylic acids is 1. The van der Waals surface area contributed by atoms with Crippen LogP contribution in [0.4, 0.5) is 0 Å². The van der Waals surface area contributed by atoms with Gasteiger partial charge in [-0.2, -0.15) is 0 Å². The van der Waals surface area contributed by atoms with Crippen molar-refractivity contribution >= 4 is 5.91 Å². The van der Waals surface area contributed by atoms with Crippen LogP contribution in [0.2, 0.25) is 0 Å². The number of amides is 1. The van der Waals surface area contributed by atoms with Gasteiger partial charge in [-0.15, -0.1) is 0 Å². The molecule has 2 fully saturated rings. The van der Waals surface area contributed by atoms with E-state index >= 15 is 0 Å². The topological polar surface area (TPSA) is 44.8 Å². The molecule has 0 saturated carbocycles. The summed E-state index contributed by atoms with van der Waals surface area (Å²) in [5, 5.41) is 3.27. The zero-order chi connectivity index (χ0) is 16.8. The Morgan fingerprint density at radius 2 is 2.12 bits per heavy atom. The van der Waals surface area contributed by atoms with Gasteiger partial charge in [0.15, 0.2) is 0 Å². The molecular weight excluding hydrogens is 302 g/mol. The number of nitrogens with one attached hydrogen (secondary N) is 1. The molecule has 0 aromatic heterocycles. The van der Waals surface area contributed by atoms with Crippen LogP contribution in [-0.2, 0) is 16.1 Å². The molecule has 0 unspecified atom stereocenters. The van der Waals surface area contributed by atoms with Crippen LogP contribution in [0.25, 0.3) is 0 Å². The lowest BCUT2D eigenvalue weighted by Gasteiger charge is -2.40. The Morgan fingerprint density at radius 1 is 1.29 bits per heavy atom. The Morgan fingerprint density at radius 3 is 2.83 bits per heavy atom. The lowest BCUT2D eigenvalue weighted by Crippen LogP contribution is -2.55. The quantitative estimate of drug-likeness (QED) is 0.858. The van der Waals surface area contributed by atoms with Crippen molar-refractivity contribution in [3.63, 3.8) is 0 Å². The summed E-state index contributed by atoms with van der Waals surface area (Å²) in [5.74, 6) is 0.208. The Kier molecular flexibility index (Phi) is 6.24. The third-order valence-corrected chi connectivity index (χ3v) is 4.95. The fraction of sp³-hybridized carbons (Fsp3) is 0.632. The van der Waals surface area contributed by atoms with Crippen LogP contribution in [0.3, 0.4) is 0 Å². The summed E-state index contributed by atoms with van der Waals surface area (Å²) in [7, 11) is 0. The lowest BCUT2D eigenvalue weighted by molar-refractivity contribution is -0.134. The molecule has 2 aliphatic heterocycles. The van der Waals surface area contributed by atoms with Crippen LogP contribution in [0.5, 0.6) is 0 Å². The van der Waals surface area contributed by atoms with Crippen molar-refractivity contribution in [3.05, 3.63) is 35.9 Å². The second kappa shape index (κ2) is 8.60. The molecular formula is C19H29N3O2. The van der Waals surface area contributed by atoms with E-state index in [0.717, 1.165) is 52.2 Å². The van der Waals surface area contributed by atoms with Crippen molar-refractivity contribution in [2.24, 2.45) is 0 Å². The minimum atomic E-state index is 0.208. The van der Waals surface area contributed by atoms with E-state index in [1.807, 2.05) is 11.0 Å². The molecule has 0 spiro atoms. The average molecular weight is 331 g/mol. The highest BCUT2D eigenvalue weighted by molar-refractivity contribution is 5.78. The number of rotatable bonds is 6. The maximum Gasteiger partial charge on any atom is 0.236 e. The first-order chi connectivity index (χ1) is 11.7. The summed E-state index contributed by atoms with van der Waals surface area (Å²) in [6.45, 7) is 7.87. The Bertz CT molecular complexity index is 517. The average Bonchev–Trinajstić information content (AvgIpc) is 3.09. The molecule has 1 amide bonds. The van der Waals surface area contributed by atoms with Gasteiger partial charge in [-0.3, -0.25) is 9.69 Å². The molecule has 2 aliphatic rings. The molecule has 3 rings (SSSR count). The van der Waals surface area contributed by atoms with E-state index in [2.05, 4.69) is 41.4 Å². The SMILES string of the molecule is C[C@H]1CN(Cc2ccccc2)CCN1C(=O)CNC[C@@H]1CCCO1. The van der Waals surface area contributed by atoms with Crippen LogP contribution in [0.15, 0.2) is 30.3 Å². The zero-order valence-electron chi connectivity index (χ0n) is 14.6. The first kappa shape index (κ1) is 17.4. The number of carbonyl (C=O) groups is 1. The zero-order valence-corrected chi connectivity index (χ0v) is 14.6. The van der Waals surface area contributed by atoms with E-state index in [1.54, 1.807) is 0 Å². The van der Waals surface area contributed by atoms with E-state index in [0.29, 0.717) is 6.54 Å². The predicted molar refractivity (Wildman–Crippen MR) is 94.7 cm³/mol. The van der Waals surface area contributed by atoms with Gasteiger partial charge in [0.25, 0.3) is 0 Å². The van der Waals surface area contributed by atoms with Crippen molar-refractivity contribution in [1.29, 1.82) is 0 Å². The second-order valence-corrected chi connectivity index (χ2v) is 6.92. The predicted octanol–water partition coefficient (Wildman–Crippen LogP) is 1.49. The molecule has 1 N–H and O–H groups in total. The van der Waals surface area contributed by atoms with E-state index in [1.165, 1.54) is 5.56 Å². The molecule has 1 aromatic rings. The molecule has 5 nitrogen and oxygen atoms in total. The van der Waals surface area contributed by atoms with Crippen molar-refractivity contribution in [2.45, 2.75) is 38.5 Å². The first-order valence-electron chi connectivity index (χ1n) is 9.10. The number of ether oxygens (including phenoxy) is 1. The van der Waals surface area contributed by atoms with Crippen molar-refractivity contribution < 1.29 is 9.53 Å².